The number of carbonyl (C=O) groups is 1. The Morgan fingerprint density at radius 1 is 0.458 bits per heavy atom. The third kappa shape index (κ3) is 39.5. The van der Waals surface area contributed by atoms with E-state index in [1.54, 1.807) is 7.11 Å². The molecule has 8 nitrogen and oxygen atoms in total. The zero-order valence-corrected chi connectivity index (χ0v) is 32.2. The summed E-state index contributed by atoms with van der Waals surface area (Å²) in [5.41, 5.74) is 0. The number of hydrogen-bond acceptors (Lipinski definition) is 7. The number of ether oxygens (including phenoxy) is 6. The number of nitrogens with one attached hydrogen (secondary N) is 1. The quantitative estimate of drug-likeness (QED) is 0.0640. The first-order valence-electron chi connectivity index (χ1n) is 20.5. The lowest BCUT2D eigenvalue weighted by Gasteiger charge is -2.18. The second kappa shape index (κ2) is 42.2. The molecule has 0 bridgehead atoms. The maximum Gasteiger partial charge on any atom is 0.407 e. The van der Waals surface area contributed by atoms with Crippen molar-refractivity contribution in [3.63, 3.8) is 0 Å². The molecule has 0 spiro atoms. The topological polar surface area (TPSA) is 84.5 Å². The van der Waals surface area contributed by atoms with E-state index in [-0.39, 0.29) is 12.7 Å². The fourth-order valence-corrected chi connectivity index (χ4v) is 5.65. The number of alkyl carbamates (subject to hydrolysis) is 1. The summed E-state index contributed by atoms with van der Waals surface area (Å²) < 4.78 is 33.4. The lowest BCUT2D eigenvalue weighted by molar-refractivity contribution is -0.0468. The van der Waals surface area contributed by atoms with Crippen molar-refractivity contribution in [3.8, 4) is 0 Å². The summed E-state index contributed by atoms with van der Waals surface area (Å²) in [5.74, 6) is 0. The highest BCUT2D eigenvalue weighted by Gasteiger charge is 2.13. The summed E-state index contributed by atoms with van der Waals surface area (Å²) >= 11 is 0. The van der Waals surface area contributed by atoms with Crippen LogP contribution >= 0.6 is 0 Å². The van der Waals surface area contributed by atoms with Crippen molar-refractivity contribution in [2.45, 2.75) is 180 Å². The summed E-state index contributed by atoms with van der Waals surface area (Å²) in [6.07, 6.45) is 31.9. The summed E-state index contributed by atoms with van der Waals surface area (Å²) in [7, 11) is 1.65. The zero-order valence-electron chi connectivity index (χ0n) is 32.2. The number of hydrogen-bond donors (Lipinski definition) is 1. The molecule has 288 valence electrons. The molecule has 0 saturated carbocycles. The average Bonchev–Trinajstić information content (AvgIpc) is 3.09. The van der Waals surface area contributed by atoms with Crippen LogP contribution in [0.1, 0.15) is 174 Å². The summed E-state index contributed by atoms with van der Waals surface area (Å²) in [5, 5.41) is 2.81. The van der Waals surface area contributed by atoms with Gasteiger partial charge in [0, 0.05) is 33.5 Å². The van der Waals surface area contributed by atoms with E-state index >= 15 is 0 Å². The first-order valence-corrected chi connectivity index (χ1v) is 20.5. The minimum atomic E-state index is -0.419. The molecule has 0 aromatic carbocycles. The number of amides is 1. The van der Waals surface area contributed by atoms with Gasteiger partial charge in [0.25, 0.3) is 0 Å². The van der Waals surface area contributed by atoms with Crippen LogP contribution in [0.4, 0.5) is 4.79 Å². The van der Waals surface area contributed by atoms with Gasteiger partial charge in [-0.2, -0.15) is 0 Å². The van der Waals surface area contributed by atoms with Crippen LogP contribution in [0.2, 0.25) is 0 Å². The van der Waals surface area contributed by atoms with Gasteiger partial charge in [0.1, 0.15) is 12.7 Å². The highest BCUT2D eigenvalue weighted by atomic mass is 16.6. The molecule has 0 radical (unpaired) electrons. The lowest BCUT2D eigenvalue weighted by Crippen LogP contribution is -2.32. The molecule has 0 aliphatic heterocycles. The molecule has 0 aliphatic carbocycles. The highest BCUT2D eigenvalue weighted by Crippen LogP contribution is 2.13. The Morgan fingerprint density at radius 2 is 0.875 bits per heavy atom. The van der Waals surface area contributed by atoms with Gasteiger partial charge in [-0.25, -0.2) is 4.79 Å². The van der Waals surface area contributed by atoms with Crippen LogP contribution < -0.4 is 5.32 Å². The van der Waals surface area contributed by atoms with Gasteiger partial charge in [0.15, 0.2) is 0 Å². The van der Waals surface area contributed by atoms with Crippen molar-refractivity contribution in [1.82, 2.24) is 5.32 Å². The predicted molar refractivity (Wildman–Crippen MR) is 200 cm³/mol. The van der Waals surface area contributed by atoms with Crippen molar-refractivity contribution in [3.05, 3.63) is 0 Å². The van der Waals surface area contributed by atoms with E-state index in [4.69, 9.17) is 28.4 Å². The standard InChI is InChI=1S/C40H81NO7/c1-4-6-8-10-12-14-16-18-20-22-24-26-30-46-37-39(47-32-27-25-23-21-19-17-15-13-11-9-7-5-2)38-48-40(42)41-29-28-31-44-35-36-45-34-33-43-3/h39H,4-38H2,1-3H3,(H,41,42). The second-order valence-electron chi connectivity index (χ2n) is 13.4. The van der Waals surface area contributed by atoms with E-state index in [9.17, 15) is 4.79 Å². The Bertz CT molecular complexity index is 610. The monoisotopic (exact) mass is 688 g/mol. The molecule has 8 heteroatoms. The molecular formula is C40H81NO7. The normalized spacial score (nSPS) is 12.1. The molecule has 0 rings (SSSR count). The lowest BCUT2D eigenvalue weighted by atomic mass is 10.1. The Labute approximate surface area is 297 Å². The van der Waals surface area contributed by atoms with Gasteiger partial charge in [-0.3, -0.25) is 0 Å². The van der Waals surface area contributed by atoms with Crippen LogP contribution in [-0.2, 0) is 28.4 Å². The van der Waals surface area contributed by atoms with Crippen LogP contribution in [0.25, 0.3) is 0 Å². The molecule has 48 heavy (non-hydrogen) atoms. The maximum atomic E-state index is 12.3. The van der Waals surface area contributed by atoms with Crippen molar-refractivity contribution >= 4 is 6.09 Å². The molecule has 1 atom stereocenters. The number of carbonyl (C=O) groups excluding carboxylic acids is 1. The molecule has 0 aromatic rings. The van der Waals surface area contributed by atoms with Gasteiger partial charge < -0.3 is 33.7 Å². The van der Waals surface area contributed by atoms with Crippen molar-refractivity contribution in [1.29, 1.82) is 0 Å². The number of rotatable bonds is 41. The van der Waals surface area contributed by atoms with E-state index < -0.39 is 6.09 Å². The van der Waals surface area contributed by atoms with Gasteiger partial charge in [0.05, 0.1) is 33.0 Å². The minimum Gasteiger partial charge on any atom is -0.447 e. The van der Waals surface area contributed by atoms with E-state index in [0.29, 0.717) is 59.2 Å². The molecule has 0 saturated heterocycles. The predicted octanol–water partition coefficient (Wildman–Crippen LogP) is 10.6. The Morgan fingerprint density at radius 3 is 1.38 bits per heavy atom. The highest BCUT2D eigenvalue weighted by molar-refractivity contribution is 5.67. The second-order valence-corrected chi connectivity index (χ2v) is 13.4. The fraction of sp³-hybridized carbons (Fsp3) is 0.975. The fourth-order valence-electron chi connectivity index (χ4n) is 5.65. The average molecular weight is 688 g/mol. The summed E-state index contributed by atoms with van der Waals surface area (Å²) in [6.45, 7) is 9.94. The molecular weight excluding hydrogens is 606 g/mol. The smallest absolute Gasteiger partial charge is 0.407 e. The Hall–Kier alpha value is -0.930. The van der Waals surface area contributed by atoms with Gasteiger partial charge in [-0.15, -0.1) is 0 Å². The van der Waals surface area contributed by atoms with Gasteiger partial charge in [-0.1, -0.05) is 155 Å². The number of methoxy groups -OCH3 is 1. The first kappa shape index (κ1) is 47.1. The maximum absolute atomic E-state index is 12.3. The van der Waals surface area contributed by atoms with Crippen LogP contribution in [-0.4, -0.2) is 85.3 Å². The molecule has 1 unspecified atom stereocenters. The largest absolute Gasteiger partial charge is 0.447 e. The van der Waals surface area contributed by atoms with Crippen LogP contribution in [0.5, 0.6) is 0 Å². The van der Waals surface area contributed by atoms with E-state index in [2.05, 4.69) is 19.2 Å². The van der Waals surface area contributed by atoms with E-state index in [1.165, 1.54) is 141 Å². The number of unbranched alkanes of at least 4 members (excludes halogenated alkanes) is 22. The SMILES string of the molecule is CCCCCCCCCCCCCCOCC(COC(=O)NCCCOCCOCCOC)OCCCCCCCCCCCCCC. The third-order valence-electron chi connectivity index (χ3n) is 8.74. The molecule has 0 fully saturated rings. The van der Waals surface area contributed by atoms with Crippen molar-refractivity contribution in [2.75, 3.05) is 73.1 Å². The summed E-state index contributed by atoms with van der Waals surface area (Å²) in [4.78, 5) is 12.3. The molecule has 0 aromatic heterocycles. The van der Waals surface area contributed by atoms with Crippen molar-refractivity contribution < 1.29 is 33.2 Å². The van der Waals surface area contributed by atoms with Crippen LogP contribution in [0.3, 0.4) is 0 Å². The summed E-state index contributed by atoms with van der Waals surface area (Å²) in [6, 6.07) is 0. The minimum absolute atomic E-state index is 0.206. The van der Waals surface area contributed by atoms with Gasteiger partial charge in [-0.05, 0) is 19.3 Å². The zero-order chi connectivity index (χ0) is 34.9. The van der Waals surface area contributed by atoms with Gasteiger partial charge in [0.2, 0.25) is 0 Å². The molecule has 1 amide bonds. The Kier molecular flexibility index (Phi) is 41.4. The van der Waals surface area contributed by atoms with E-state index in [0.717, 1.165) is 19.4 Å². The molecule has 1 N–H and O–H groups in total. The third-order valence-corrected chi connectivity index (χ3v) is 8.74. The molecule has 0 heterocycles. The van der Waals surface area contributed by atoms with Crippen molar-refractivity contribution in [2.24, 2.45) is 0 Å². The Balaban J connectivity index is 4.05. The van der Waals surface area contributed by atoms with Crippen LogP contribution in [0.15, 0.2) is 0 Å². The van der Waals surface area contributed by atoms with Crippen LogP contribution in [0, 0.1) is 0 Å². The first-order chi connectivity index (χ1) is 23.7. The molecule has 0 aliphatic rings. The van der Waals surface area contributed by atoms with Gasteiger partial charge >= 0.3 is 6.09 Å². The van der Waals surface area contributed by atoms with E-state index in [1.807, 2.05) is 0 Å².